The quantitative estimate of drug-likeness (QED) is 0.759. The van der Waals surface area contributed by atoms with Crippen LogP contribution in [0.15, 0.2) is 24.3 Å². The lowest BCUT2D eigenvalue weighted by atomic mass is 10.3. The van der Waals surface area contributed by atoms with Gasteiger partial charge in [0.15, 0.2) is 0 Å². The van der Waals surface area contributed by atoms with Crippen LogP contribution in [0.5, 0.6) is 5.75 Å². The van der Waals surface area contributed by atoms with E-state index in [0.29, 0.717) is 37.0 Å². The molecule has 1 amide bonds. The van der Waals surface area contributed by atoms with Gasteiger partial charge in [0, 0.05) is 18.7 Å². The summed E-state index contributed by atoms with van der Waals surface area (Å²) in [6.45, 7) is 1.39. The highest BCUT2D eigenvalue weighted by atomic mass is 35.5. The van der Waals surface area contributed by atoms with Crippen LogP contribution in [0.25, 0.3) is 0 Å². The zero-order valence-corrected chi connectivity index (χ0v) is 10.5. The number of methoxy groups -OCH3 is 1. The first kappa shape index (κ1) is 13.8. The molecule has 0 saturated carbocycles. The molecular formula is C12H16ClNO3. The van der Waals surface area contributed by atoms with E-state index in [0.717, 1.165) is 0 Å². The molecule has 0 saturated heterocycles. The zero-order chi connectivity index (χ0) is 12.5. The molecule has 0 aliphatic rings. The standard InChI is InChI=1S/C12H16ClNO3/c1-16-9-7-14-12(15)6-8-17-11-4-2-10(13)3-5-11/h2-5H,6-9H2,1H3,(H,14,15). The molecule has 0 radical (unpaired) electrons. The van der Waals surface area contributed by atoms with Crippen LogP contribution >= 0.6 is 11.6 Å². The maximum Gasteiger partial charge on any atom is 0.223 e. The topological polar surface area (TPSA) is 47.6 Å². The van der Waals surface area contributed by atoms with Crippen LogP contribution in [0.2, 0.25) is 5.02 Å². The van der Waals surface area contributed by atoms with Crippen molar-refractivity contribution < 1.29 is 14.3 Å². The van der Waals surface area contributed by atoms with E-state index in [-0.39, 0.29) is 5.91 Å². The highest BCUT2D eigenvalue weighted by Gasteiger charge is 2.01. The van der Waals surface area contributed by atoms with Gasteiger partial charge >= 0.3 is 0 Å². The van der Waals surface area contributed by atoms with Gasteiger partial charge in [-0.2, -0.15) is 0 Å². The highest BCUT2D eigenvalue weighted by Crippen LogP contribution is 2.15. The van der Waals surface area contributed by atoms with Crippen molar-refractivity contribution >= 4 is 17.5 Å². The van der Waals surface area contributed by atoms with Crippen LogP contribution < -0.4 is 10.1 Å². The molecule has 0 bridgehead atoms. The Bertz CT molecular complexity index is 340. The summed E-state index contributed by atoms with van der Waals surface area (Å²) in [5.74, 6) is 0.662. The molecule has 17 heavy (non-hydrogen) atoms. The second-order valence-corrected chi connectivity index (χ2v) is 3.83. The van der Waals surface area contributed by atoms with E-state index < -0.39 is 0 Å². The van der Waals surface area contributed by atoms with Crippen molar-refractivity contribution in [3.63, 3.8) is 0 Å². The van der Waals surface area contributed by atoms with Crippen molar-refractivity contribution in [2.24, 2.45) is 0 Å². The van der Waals surface area contributed by atoms with Gasteiger partial charge in [0.05, 0.1) is 19.6 Å². The fourth-order valence-corrected chi connectivity index (χ4v) is 1.30. The predicted octanol–water partition coefficient (Wildman–Crippen LogP) is 1.87. The second-order valence-electron chi connectivity index (χ2n) is 3.40. The number of rotatable bonds is 7. The predicted molar refractivity (Wildman–Crippen MR) is 66.4 cm³/mol. The monoisotopic (exact) mass is 257 g/mol. The molecule has 1 N–H and O–H groups in total. The molecule has 0 atom stereocenters. The fourth-order valence-electron chi connectivity index (χ4n) is 1.17. The number of ether oxygens (including phenoxy) is 2. The van der Waals surface area contributed by atoms with Crippen molar-refractivity contribution in [1.82, 2.24) is 5.32 Å². The molecule has 4 nitrogen and oxygen atoms in total. The maximum absolute atomic E-state index is 11.3. The Balaban J connectivity index is 2.14. The van der Waals surface area contributed by atoms with E-state index in [1.165, 1.54) is 0 Å². The summed E-state index contributed by atoms with van der Waals surface area (Å²) >= 11 is 5.74. The summed E-state index contributed by atoms with van der Waals surface area (Å²) in [5, 5.41) is 3.38. The second kappa shape index (κ2) is 7.92. The lowest BCUT2D eigenvalue weighted by Gasteiger charge is -2.06. The van der Waals surface area contributed by atoms with Crippen molar-refractivity contribution in [1.29, 1.82) is 0 Å². The van der Waals surface area contributed by atoms with Crippen molar-refractivity contribution in [2.75, 3.05) is 26.9 Å². The minimum absolute atomic E-state index is 0.0454. The molecule has 0 spiro atoms. The lowest BCUT2D eigenvalue weighted by Crippen LogP contribution is -2.28. The average molecular weight is 258 g/mol. The van der Waals surface area contributed by atoms with Crippen LogP contribution in [-0.2, 0) is 9.53 Å². The van der Waals surface area contributed by atoms with Gasteiger partial charge in [0.1, 0.15) is 5.75 Å². The summed E-state index contributed by atoms with van der Waals surface area (Å²) < 4.78 is 10.2. The Hall–Kier alpha value is -1.26. The number of benzene rings is 1. The minimum atomic E-state index is -0.0454. The van der Waals surface area contributed by atoms with Gasteiger partial charge in [-0.3, -0.25) is 4.79 Å². The highest BCUT2D eigenvalue weighted by molar-refractivity contribution is 6.30. The van der Waals surface area contributed by atoms with Gasteiger partial charge in [0.25, 0.3) is 0 Å². The average Bonchev–Trinajstić information content (AvgIpc) is 2.32. The molecule has 0 aromatic heterocycles. The Morgan fingerprint density at radius 1 is 1.29 bits per heavy atom. The minimum Gasteiger partial charge on any atom is -0.493 e. The van der Waals surface area contributed by atoms with Gasteiger partial charge in [0.2, 0.25) is 5.91 Å². The first-order valence-electron chi connectivity index (χ1n) is 5.36. The summed E-state index contributed by atoms with van der Waals surface area (Å²) in [4.78, 5) is 11.3. The molecule has 0 fully saturated rings. The van der Waals surface area contributed by atoms with E-state index in [9.17, 15) is 4.79 Å². The Labute approximate surface area is 106 Å². The van der Waals surface area contributed by atoms with Crippen LogP contribution in [0.1, 0.15) is 6.42 Å². The molecule has 0 aliphatic heterocycles. The molecule has 1 rings (SSSR count). The maximum atomic E-state index is 11.3. The van der Waals surface area contributed by atoms with Gasteiger partial charge in [-0.15, -0.1) is 0 Å². The van der Waals surface area contributed by atoms with E-state index >= 15 is 0 Å². The molecule has 0 unspecified atom stereocenters. The van der Waals surface area contributed by atoms with E-state index in [4.69, 9.17) is 21.1 Å². The molecule has 0 heterocycles. The van der Waals surface area contributed by atoms with Crippen LogP contribution in [0.3, 0.4) is 0 Å². The summed E-state index contributed by atoms with van der Waals surface area (Å²) in [6, 6.07) is 7.03. The van der Waals surface area contributed by atoms with Crippen molar-refractivity contribution in [3.05, 3.63) is 29.3 Å². The first-order chi connectivity index (χ1) is 8.22. The van der Waals surface area contributed by atoms with Crippen LogP contribution in [0.4, 0.5) is 0 Å². The number of hydrogen-bond donors (Lipinski definition) is 1. The smallest absolute Gasteiger partial charge is 0.223 e. The fraction of sp³-hybridized carbons (Fsp3) is 0.417. The third-order valence-corrected chi connectivity index (χ3v) is 2.29. The number of carbonyl (C=O) groups excluding carboxylic acids is 1. The van der Waals surface area contributed by atoms with Crippen LogP contribution in [0, 0.1) is 0 Å². The summed E-state index contributed by atoms with van der Waals surface area (Å²) in [5.41, 5.74) is 0. The first-order valence-corrected chi connectivity index (χ1v) is 5.74. The number of carbonyl (C=O) groups is 1. The number of halogens is 1. The lowest BCUT2D eigenvalue weighted by molar-refractivity contribution is -0.121. The third-order valence-electron chi connectivity index (χ3n) is 2.04. The molecular weight excluding hydrogens is 242 g/mol. The number of nitrogens with one attached hydrogen (secondary N) is 1. The van der Waals surface area contributed by atoms with Crippen molar-refractivity contribution in [3.8, 4) is 5.75 Å². The molecule has 1 aromatic rings. The molecule has 5 heteroatoms. The van der Waals surface area contributed by atoms with Crippen molar-refractivity contribution in [2.45, 2.75) is 6.42 Å². The van der Waals surface area contributed by atoms with Crippen LogP contribution in [-0.4, -0.2) is 32.8 Å². The van der Waals surface area contributed by atoms with E-state index in [2.05, 4.69) is 5.32 Å². The Morgan fingerprint density at radius 3 is 2.65 bits per heavy atom. The number of amides is 1. The third kappa shape index (κ3) is 6.14. The number of hydrogen-bond acceptors (Lipinski definition) is 3. The zero-order valence-electron chi connectivity index (χ0n) is 9.74. The SMILES string of the molecule is COCCNC(=O)CCOc1ccc(Cl)cc1. The molecule has 0 aliphatic carbocycles. The van der Waals surface area contributed by atoms with Gasteiger partial charge in [-0.1, -0.05) is 11.6 Å². The van der Waals surface area contributed by atoms with Gasteiger partial charge < -0.3 is 14.8 Å². The largest absolute Gasteiger partial charge is 0.493 e. The molecule has 94 valence electrons. The van der Waals surface area contributed by atoms with Gasteiger partial charge in [-0.05, 0) is 24.3 Å². The summed E-state index contributed by atoms with van der Waals surface area (Å²) in [6.07, 6.45) is 0.326. The molecule has 1 aromatic carbocycles. The summed E-state index contributed by atoms with van der Waals surface area (Å²) in [7, 11) is 1.59. The van der Waals surface area contributed by atoms with Gasteiger partial charge in [-0.25, -0.2) is 0 Å². The van der Waals surface area contributed by atoms with E-state index in [1.807, 2.05) is 0 Å². The Morgan fingerprint density at radius 2 is 2.00 bits per heavy atom. The Kier molecular flexibility index (Phi) is 6.43. The van der Waals surface area contributed by atoms with E-state index in [1.54, 1.807) is 31.4 Å². The normalized spacial score (nSPS) is 10.0.